The number of aromatic amines is 1. The third-order valence-electron chi connectivity index (χ3n) is 2.84. The summed E-state index contributed by atoms with van der Waals surface area (Å²) in [7, 11) is 0. The van der Waals surface area contributed by atoms with Gasteiger partial charge in [-0.1, -0.05) is 0 Å². The first kappa shape index (κ1) is 11.2. The molecule has 0 aliphatic carbocycles. The van der Waals surface area contributed by atoms with Crippen LogP contribution in [0.3, 0.4) is 0 Å². The van der Waals surface area contributed by atoms with Crippen LogP contribution in [0, 0.1) is 11.6 Å². The monoisotopic (exact) mass is 268 g/mol. The lowest BCUT2D eigenvalue weighted by Crippen LogP contribution is -2.10. The second-order valence-electron chi connectivity index (χ2n) is 3.96. The quantitative estimate of drug-likeness (QED) is 0.677. The van der Waals surface area contributed by atoms with E-state index in [0.717, 1.165) is 12.3 Å². The minimum Gasteiger partial charge on any atom is -0.319 e. The summed E-state index contributed by atoms with van der Waals surface area (Å²) in [5.74, 6) is -1.03. The van der Waals surface area contributed by atoms with Gasteiger partial charge in [0, 0.05) is 23.9 Å². The molecule has 0 aliphatic heterocycles. The van der Waals surface area contributed by atoms with E-state index in [1.807, 2.05) is 0 Å². The topological polar surface area (TPSA) is 37.3 Å². The number of benzene rings is 1. The molecule has 0 fully saturated rings. The Morgan fingerprint density at radius 3 is 2.72 bits per heavy atom. The molecule has 1 aromatic carbocycles. The molecule has 2 aromatic heterocycles. The summed E-state index contributed by atoms with van der Waals surface area (Å²) in [6.07, 6.45) is 1.15. The molecule has 0 saturated carbocycles. The Labute approximate surface area is 105 Å². The summed E-state index contributed by atoms with van der Waals surface area (Å²) < 4.78 is 28.2. The van der Waals surface area contributed by atoms with Crippen LogP contribution in [-0.4, -0.2) is 9.38 Å². The molecule has 92 valence electrons. The van der Waals surface area contributed by atoms with Crippen molar-refractivity contribution in [2.24, 2.45) is 0 Å². The van der Waals surface area contributed by atoms with Gasteiger partial charge in [-0.15, -0.1) is 11.6 Å². The van der Waals surface area contributed by atoms with Crippen LogP contribution in [0.1, 0.15) is 5.56 Å². The van der Waals surface area contributed by atoms with Crippen molar-refractivity contribution in [3.05, 3.63) is 51.9 Å². The van der Waals surface area contributed by atoms with Gasteiger partial charge in [0.15, 0.2) is 0 Å². The largest absolute Gasteiger partial charge is 0.319 e. The third-order valence-corrected chi connectivity index (χ3v) is 3.12. The first-order valence-electron chi connectivity index (χ1n) is 5.18. The van der Waals surface area contributed by atoms with Crippen LogP contribution < -0.4 is 5.56 Å². The second-order valence-corrected chi connectivity index (χ2v) is 4.23. The molecule has 3 aromatic rings. The third kappa shape index (κ3) is 1.51. The van der Waals surface area contributed by atoms with Crippen LogP contribution in [0.5, 0.6) is 0 Å². The lowest BCUT2D eigenvalue weighted by Gasteiger charge is -2.05. The highest BCUT2D eigenvalue weighted by Gasteiger charge is 2.10. The Kier molecular flexibility index (Phi) is 2.38. The molecule has 18 heavy (non-hydrogen) atoms. The zero-order valence-electron chi connectivity index (χ0n) is 9.01. The summed E-state index contributed by atoms with van der Waals surface area (Å²) in [6.45, 7) is 0. The van der Waals surface area contributed by atoms with E-state index < -0.39 is 17.2 Å². The van der Waals surface area contributed by atoms with Crippen molar-refractivity contribution in [1.29, 1.82) is 0 Å². The Morgan fingerprint density at radius 1 is 1.22 bits per heavy atom. The SMILES string of the molecule is O=c1[nH]c2cc(CCl)c(F)cc2n2cc(F)cc12. The normalized spacial score (nSPS) is 11.5. The van der Waals surface area contributed by atoms with E-state index in [2.05, 4.69) is 4.98 Å². The number of nitrogens with zero attached hydrogens (tertiary/aromatic N) is 1. The highest BCUT2D eigenvalue weighted by molar-refractivity contribution is 6.17. The predicted molar refractivity (Wildman–Crippen MR) is 65.0 cm³/mol. The van der Waals surface area contributed by atoms with Gasteiger partial charge in [-0.3, -0.25) is 4.79 Å². The van der Waals surface area contributed by atoms with Gasteiger partial charge in [-0.2, -0.15) is 0 Å². The van der Waals surface area contributed by atoms with Crippen molar-refractivity contribution >= 4 is 28.2 Å². The van der Waals surface area contributed by atoms with Crippen LogP contribution in [0.4, 0.5) is 8.78 Å². The molecule has 0 atom stereocenters. The van der Waals surface area contributed by atoms with E-state index in [9.17, 15) is 13.6 Å². The van der Waals surface area contributed by atoms with Crippen molar-refractivity contribution in [2.75, 3.05) is 0 Å². The standard InChI is InChI=1S/C12H7ClF2N2O/c13-4-6-1-9-10(3-8(6)15)17-5-7(14)2-11(17)12(18)16-9/h1-3,5H,4H2,(H,16,18). The van der Waals surface area contributed by atoms with E-state index >= 15 is 0 Å². The van der Waals surface area contributed by atoms with E-state index in [4.69, 9.17) is 11.6 Å². The molecule has 3 nitrogen and oxygen atoms in total. The smallest absolute Gasteiger partial charge is 0.272 e. The van der Waals surface area contributed by atoms with Gasteiger partial charge >= 0.3 is 0 Å². The molecule has 0 radical (unpaired) electrons. The number of halogens is 3. The fourth-order valence-corrected chi connectivity index (χ4v) is 2.21. The molecule has 0 unspecified atom stereocenters. The number of H-pyrrole nitrogens is 1. The highest BCUT2D eigenvalue weighted by Crippen LogP contribution is 2.20. The van der Waals surface area contributed by atoms with Gasteiger partial charge in [0.2, 0.25) is 0 Å². The summed E-state index contributed by atoms with van der Waals surface area (Å²) in [5, 5.41) is 0. The Hall–Kier alpha value is -1.88. The van der Waals surface area contributed by atoms with Crippen LogP contribution in [0.2, 0.25) is 0 Å². The van der Waals surface area contributed by atoms with Gasteiger partial charge in [0.05, 0.1) is 16.9 Å². The fraction of sp³-hybridized carbons (Fsp3) is 0.0833. The van der Waals surface area contributed by atoms with Crippen molar-refractivity contribution < 1.29 is 8.78 Å². The number of aromatic nitrogens is 2. The first-order valence-corrected chi connectivity index (χ1v) is 5.71. The maximum Gasteiger partial charge on any atom is 0.272 e. The van der Waals surface area contributed by atoms with Gasteiger partial charge in [0.1, 0.15) is 17.2 Å². The number of alkyl halides is 1. The van der Waals surface area contributed by atoms with Gasteiger partial charge in [-0.25, -0.2) is 8.78 Å². The zero-order valence-corrected chi connectivity index (χ0v) is 9.76. The van der Waals surface area contributed by atoms with E-state index in [1.54, 1.807) is 0 Å². The molecule has 6 heteroatoms. The van der Waals surface area contributed by atoms with E-state index in [1.165, 1.54) is 16.5 Å². The molecule has 0 bridgehead atoms. The molecule has 3 rings (SSSR count). The van der Waals surface area contributed by atoms with Crippen molar-refractivity contribution in [2.45, 2.75) is 5.88 Å². The highest BCUT2D eigenvalue weighted by atomic mass is 35.5. The minimum absolute atomic E-state index is 0.00187. The van der Waals surface area contributed by atoms with Crippen LogP contribution in [0.25, 0.3) is 16.6 Å². The predicted octanol–water partition coefficient (Wildman–Crippen LogP) is 2.80. The Balaban J connectivity index is 2.54. The van der Waals surface area contributed by atoms with Crippen molar-refractivity contribution in [3.8, 4) is 0 Å². The first-order chi connectivity index (χ1) is 8.60. The van der Waals surface area contributed by atoms with E-state index in [-0.39, 0.29) is 17.0 Å². The number of hydrogen-bond acceptors (Lipinski definition) is 1. The zero-order chi connectivity index (χ0) is 12.9. The van der Waals surface area contributed by atoms with Crippen molar-refractivity contribution in [3.63, 3.8) is 0 Å². The average Bonchev–Trinajstić information content (AvgIpc) is 2.72. The Morgan fingerprint density at radius 2 is 2.00 bits per heavy atom. The molecule has 2 heterocycles. The molecular weight excluding hydrogens is 262 g/mol. The van der Waals surface area contributed by atoms with Gasteiger partial charge < -0.3 is 9.38 Å². The maximum absolute atomic E-state index is 13.7. The minimum atomic E-state index is -0.546. The summed E-state index contributed by atoms with van der Waals surface area (Å²) >= 11 is 5.60. The van der Waals surface area contributed by atoms with Crippen LogP contribution >= 0.6 is 11.6 Å². The van der Waals surface area contributed by atoms with E-state index in [0.29, 0.717) is 11.0 Å². The molecule has 0 aliphatic rings. The second kappa shape index (κ2) is 3.81. The number of fused-ring (bicyclic) bond motifs is 3. The number of rotatable bonds is 1. The molecule has 0 saturated heterocycles. The molecule has 1 N–H and O–H groups in total. The van der Waals surface area contributed by atoms with Gasteiger partial charge in [-0.05, 0) is 6.07 Å². The summed E-state index contributed by atoms with van der Waals surface area (Å²) in [4.78, 5) is 14.3. The summed E-state index contributed by atoms with van der Waals surface area (Å²) in [5.41, 5.74) is 0.795. The fourth-order valence-electron chi connectivity index (χ4n) is 2.00. The lowest BCUT2D eigenvalue weighted by molar-refractivity contribution is 0.617. The summed E-state index contributed by atoms with van der Waals surface area (Å²) in [6, 6.07) is 3.79. The number of hydrogen-bond donors (Lipinski definition) is 1. The lowest BCUT2D eigenvalue weighted by atomic mass is 10.2. The van der Waals surface area contributed by atoms with Crippen LogP contribution in [0.15, 0.2) is 29.2 Å². The maximum atomic E-state index is 13.7. The molecular formula is C12H7ClF2N2O. The molecule has 0 spiro atoms. The Bertz CT molecular complexity index is 822. The average molecular weight is 269 g/mol. The van der Waals surface area contributed by atoms with Crippen molar-refractivity contribution in [1.82, 2.24) is 9.38 Å². The number of nitrogens with one attached hydrogen (secondary N) is 1. The van der Waals surface area contributed by atoms with Crippen LogP contribution in [-0.2, 0) is 5.88 Å². The molecule has 0 amide bonds. The van der Waals surface area contributed by atoms with Gasteiger partial charge in [0.25, 0.3) is 5.56 Å².